The Kier molecular flexibility index (Phi) is 5.68. The number of quaternary nitrogens is 1. The van der Waals surface area contributed by atoms with Gasteiger partial charge in [-0.15, -0.1) is 0 Å². The number of phenols is 1. The molecule has 0 unspecified atom stereocenters. The smallest absolute Gasteiger partial charge is 0.279 e. The van der Waals surface area contributed by atoms with Gasteiger partial charge in [-0.1, -0.05) is 29.3 Å². The molecular formula is C18H20Cl2N3O2+. The number of nitrogens with one attached hydrogen (secondary N) is 2. The monoisotopic (exact) mass is 380 g/mol. The number of phenolic OH excluding ortho intramolecular Hbond substituents is 1. The van der Waals surface area contributed by atoms with Crippen molar-refractivity contribution in [2.75, 3.05) is 42.9 Å². The first kappa shape index (κ1) is 17.9. The maximum absolute atomic E-state index is 12.3. The van der Waals surface area contributed by atoms with Crippen LogP contribution in [0.2, 0.25) is 10.0 Å². The van der Waals surface area contributed by atoms with Crippen LogP contribution in [0, 0.1) is 0 Å². The van der Waals surface area contributed by atoms with Crippen LogP contribution in [-0.2, 0) is 4.79 Å². The first-order valence-corrected chi connectivity index (χ1v) is 8.90. The van der Waals surface area contributed by atoms with Crippen LogP contribution >= 0.6 is 23.2 Å². The highest BCUT2D eigenvalue weighted by molar-refractivity contribution is 6.43. The van der Waals surface area contributed by atoms with Crippen molar-refractivity contribution in [2.24, 2.45) is 0 Å². The van der Waals surface area contributed by atoms with Gasteiger partial charge in [0.25, 0.3) is 5.91 Å². The lowest BCUT2D eigenvalue weighted by molar-refractivity contribution is -0.892. The number of halogens is 2. The number of hydrogen-bond acceptors (Lipinski definition) is 3. The molecule has 7 heteroatoms. The number of benzene rings is 2. The number of carbonyl (C=O) groups excluding carboxylic acids is 1. The Morgan fingerprint density at radius 2 is 1.80 bits per heavy atom. The highest BCUT2D eigenvalue weighted by Gasteiger charge is 2.22. The molecule has 5 nitrogen and oxygen atoms in total. The van der Waals surface area contributed by atoms with Gasteiger partial charge in [-0.05, 0) is 36.4 Å². The highest BCUT2D eigenvalue weighted by atomic mass is 35.5. The maximum Gasteiger partial charge on any atom is 0.279 e. The quantitative estimate of drug-likeness (QED) is 0.760. The van der Waals surface area contributed by atoms with E-state index >= 15 is 0 Å². The van der Waals surface area contributed by atoms with Crippen LogP contribution in [0.1, 0.15) is 0 Å². The average Bonchev–Trinajstić information content (AvgIpc) is 2.60. The molecule has 1 fully saturated rings. The van der Waals surface area contributed by atoms with Gasteiger partial charge >= 0.3 is 0 Å². The van der Waals surface area contributed by atoms with Crippen molar-refractivity contribution in [3.63, 3.8) is 0 Å². The van der Waals surface area contributed by atoms with E-state index in [2.05, 4.69) is 10.2 Å². The van der Waals surface area contributed by atoms with Crippen molar-refractivity contribution < 1.29 is 14.8 Å². The van der Waals surface area contributed by atoms with Crippen LogP contribution in [0.15, 0.2) is 42.5 Å². The molecule has 1 aliphatic rings. The summed E-state index contributed by atoms with van der Waals surface area (Å²) >= 11 is 12.1. The number of carbonyl (C=O) groups is 1. The molecule has 0 spiro atoms. The largest absolute Gasteiger partial charge is 0.508 e. The summed E-state index contributed by atoms with van der Waals surface area (Å²) in [7, 11) is 0. The van der Waals surface area contributed by atoms with E-state index in [0.29, 0.717) is 22.3 Å². The lowest BCUT2D eigenvalue weighted by Gasteiger charge is -2.33. The third kappa shape index (κ3) is 4.57. The van der Waals surface area contributed by atoms with Crippen LogP contribution in [0.4, 0.5) is 11.4 Å². The van der Waals surface area contributed by atoms with Gasteiger partial charge in [0.2, 0.25) is 0 Å². The molecule has 0 atom stereocenters. The van der Waals surface area contributed by atoms with Crippen LogP contribution in [0.5, 0.6) is 5.75 Å². The first-order chi connectivity index (χ1) is 12.0. The minimum Gasteiger partial charge on any atom is -0.508 e. The van der Waals surface area contributed by atoms with E-state index in [0.717, 1.165) is 31.9 Å². The van der Waals surface area contributed by atoms with E-state index in [9.17, 15) is 9.90 Å². The molecular weight excluding hydrogens is 361 g/mol. The fraction of sp³-hybridized carbons (Fsp3) is 0.278. The molecule has 0 bridgehead atoms. The van der Waals surface area contributed by atoms with Crippen molar-refractivity contribution in [1.82, 2.24) is 0 Å². The Morgan fingerprint density at radius 3 is 2.48 bits per heavy atom. The molecule has 1 heterocycles. The zero-order chi connectivity index (χ0) is 17.8. The predicted molar refractivity (Wildman–Crippen MR) is 101 cm³/mol. The van der Waals surface area contributed by atoms with Gasteiger partial charge in [0.15, 0.2) is 6.54 Å². The Labute approximate surface area is 156 Å². The van der Waals surface area contributed by atoms with Crippen molar-refractivity contribution in [2.45, 2.75) is 0 Å². The summed E-state index contributed by atoms with van der Waals surface area (Å²) in [6.45, 7) is 3.87. The van der Waals surface area contributed by atoms with Gasteiger partial charge in [0.05, 0.1) is 41.9 Å². The molecule has 1 saturated heterocycles. The fourth-order valence-electron chi connectivity index (χ4n) is 2.94. The van der Waals surface area contributed by atoms with Crippen LogP contribution in [0.25, 0.3) is 0 Å². The van der Waals surface area contributed by atoms with E-state index in [1.54, 1.807) is 30.3 Å². The SMILES string of the molecule is O=C(C[NH+]1CCN(c2ccc(O)cc2)CC1)Nc1cccc(Cl)c1Cl. The number of piperazine rings is 1. The minimum atomic E-state index is -0.0720. The molecule has 1 amide bonds. The van der Waals surface area contributed by atoms with E-state index in [1.807, 2.05) is 12.1 Å². The standard InChI is InChI=1S/C18H19Cl2N3O2/c19-15-2-1-3-16(18(15)20)21-17(25)12-22-8-10-23(11-9-22)13-4-6-14(24)7-5-13/h1-7,24H,8-12H2,(H,21,25)/p+1. The molecule has 3 N–H and O–H groups in total. The van der Waals surface area contributed by atoms with Gasteiger partial charge in [-0.2, -0.15) is 0 Å². The molecule has 2 aromatic carbocycles. The second-order valence-corrected chi connectivity index (χ2v) is 6.86. The number of amides is 1. The lowest BCUT2D eigenvalue weighted by atomic mass is 10.2. The summed E-state index contributed by atoms with van der Waals surface area (Å²) < 4.78 is 0. The fourth-order valence-corrected chi connectivity index (χ4v) is 3.29. The van der Waals surface area contributed by atoms with Gasteiger partial charge in [0, 0.05) is 5.69 Å². The molecule has 1 aliphatic heterocycles. The molecule has 3 rings (SSSR count). The van der Waals surface area contributed by atoms with E-state index < -0.39 is 0 Å². The summed E-state index contributed by atoms with van der Waals surface area (Å²) in [6, 6.07) is 12.4. The molecule has 0 aromatic heterocycles. The number of rotatable bonds is 4. The average molecular weight is 381 g/mol. The highest BCUT2D eigenvalue weighted by Crippen LogP contribution is 2.29. The molecule has 0 aliphatic carbocycles. The zero-order valence-electron chi connectivity index (χ0n) is 13.6. The summed E-state index contributed by atoms with van der Waals surface area (Å²) in [5.41, 5.74) is 1.63. The van der Waals surface area contributed by atoms with Crippen LogP contribution in [0.3, 0.4) is 0 Å². The van der Waals surface area contributed by atoms with Crippen molar-refractivity contribution in [3.8, 4) is 5.75 Å². The van der Waals surface area contributed by atoms with Crippen LogP contribution in [-0.4, -0.2) is 43.7 Å². The van der Waals surface area contributed by atoms with E-state index in [1.165, 1.54) is 4.90 Å². The molecule has 2 aromatic rings. The number of anilines is 2. The Balaban J connectivity index is 1.51. The first-order valence-electron chi connectivity index (χ1n) is 8.14. The van der Waals surface area contributed by atoms with Gasteiger partial charge in [0.1, 0.15) is 5.75 Å². The third-order valence-corrected chi connectivity index (χ3v) is 5.14. The van der Waals surface area contributed by atoms with Gasteiger partial charge < -0.3 is 20.2 Å². The third-order valence-electron chi connectivity index (χ3n) is 4.32. The van der Waals surface area contributed by atoms with Crippen molar-refractivity contribution in [3.05, 3.63) is 52.5 Å². The summed E-state index contributed by atoms with van der Waals surface area (Å²) in [6.07, 6.45) is 0. The molecule has 0 saturated carbocycles. The zero-order valence-corrected chi connectivity index (χ0v) is 15.1. The molecule has 25 heavy (non-hydrogen) atoms. The topological polar surface area (TPSA) is 57.0 Å². The summed E-state index contributed by atoms with van der Waals surface area (Å²) in [5.74, 6) is 0.196. The normalized spacial score (nSPS) is 15.2. The van der Waals surface area contributed by atoms with E-state index in [4.69, 9.17) is 23.2 Å². The number of nitrogens with zero attached hydrogens (tertiary/aromatic N) is 1. The number of hydrogen-bond donors (Lipinski definition) is 3. The van der Waals surface area contributed by atoms with Crippen molar-refractivity contribution in [1.29, 1.82) is 0 Å². The van der Waals surface area contributed by atoms with E-state index in [-0.39, 0.29) is 11.7 Å². The molecule has 132 valence electrons. The Hall–Kier alpha value is -1.95. The van der Waals surface area contributed by atoms with Crippen molar-refractivity contribution >= 4 is 40.5 Å². The second-order valence-electron chi connectivity index (χ2n) is 6.08. The minimum absolute atomic E-state index is 0.0720. The summed E-state index contributed by atoms with van der Waals surface area (Å²) in [4.78, 5) is 15.7. The Morgan fingerprint density at radius 1 is 1.12 bits per heavy atom. The second kappa shape index (κ2) is 7.95. The predicted octanol–water partition coefficient (Wildman–Crippen LogP) is 2.04. The van der Waals surface area contributed by atoms with Gasteiger partial charge in [-0.3, -0.25) is 4.79 Å². The van der Waals surface area contributed by atoms with Crippen LogP contribution < -0.4 is 15.1 Å². The Bertz CT molecular complexity index is 744. The lowest BCUT2D eigenvalue weighted by Crippen LogP contribution is -3.15. The van der Waals surface area contributed by atoms with Gasteiger partial charge in [-0.25, -0.2) is 0 Å². The number of aromatic hydroxyl groups is 1. The summed E-state index contributed by atoms with van der Waals surface area (Å²) in [5, 5.41) is 13.0. The maximum atomic E-state index is 12.3. The molecule has 0 radical (unpaired) electrons.